The van der Waals surface area contributed by atoms with Crippen molar-refractivity contribution >= 4 is 17.5 Å². The molecule has 0 aliphatic carbocycles. The number of halogens is 1. The van der Waals surface area contributed by atoms with Gasteiger partial charge in [-0.25, -0.2) is 0 Å². The molecule has 1 aromatic carbocycles. The Morgan fingerprint density at radius 3 is 2.83 bits per heavy atom. The third-order valence-electron chi connectivity index (χ3n) is 2.63. The van der Waals surface area contributed by atoms with Gasteiger partial charge in [-0.2, -0.15) is 0 Å². The molecule has 1 aromatic rings. The van der Waals surface area contributed by atoms with E-state index in [1.54, 1.807) is 13.2 Å². The SMILES string of the molecule is CCNC(=O)C(C)NCc1c(Cl)cccc1OC. The van der Waals surface area contributed by atoms with E-state index in [1.165, 1.54) is 0 Å². The van der Waals surface area contributed by atoms with E-state index < -0.39 is 0 Å². The molecule has 100 valence electrons. The molecule has 2 N–H and O–H groups in total. The molecule has 0 aliphatic rings. The first-order valence-corrected chi connectivity index (χ1v) is 6.30. The van der Waals surface area contributed by atoms with E-state index in [0.717, 1.165) is 11.3 Å². The number of likely N-dealkylation sites (N-methyl/N-ethyl adjacent to an activating group) is 1. The molecule has 4 nitrogen and oxygen atoms in total. The Balaban J connectivity index is 2.66. The molecule has 1 unspecified atom stereocenters. The maximum atomic E-state index is 11.6. The van der Waals surface area contributed by atoms with Gasteiger partial charge in [0.2, 0.25) is 5.91 Å². The second-order valence-corrected chi connectivity index (χ2v) is 4.33. The van der Waals surface area contributed by atoms with Crippen molar-refractivity contribution in [1.29, 1.82) is 0 Å². The second kappa shape index (κ2) is 7.24. The van der Waals surface area contributed by atoms with E-state index in [2.05, 4.69) is 10.6 Å². The molecule has 1 rings (SSSR count). The summed E-state index contributed by atoms with van der Waals surface area (Å²) in [6, 6.07) is 5.21. The van der Waals surface area contributed by atoms with Crippen LogP contribution in [0.3, 0.4) is 0 Å². The van der Waals surface area contributed by atoms with Gasteiger partial charge in [-0.15, -0.1) is 0 Å². The van der Waals surface area contributed by atoms with Crippen LogP contribution in [0.2, 0.25) is 5.02 Å². The molecule has 0 aromatic heterocycles. The molecule has 1 atom stereocenters. The van der Waals surface area contributed by atoms with Gasteiger partial charge in [0.05, 0.1) is 13.2 Å². The summed E-state index contributed by atoms with van der Waals surface area (Å²) in [5.41, 5.74) is 0.859. The van der Waals surface area contributed by atoms with Gasteiger partial charge < -0.3 is 15.4 Å². The largest absolute Gasteiger partial charge is 0.496 e. The molecular weight excluding hydrogens is 252 g/mol. The molecule has 0 heterocycles. The maximum Gasteiger partial charge on any atom is 0.236 e. The summed E-state index contributed by atoms with van der Waals surface area (Å²) < 4.78 is 5.24. The van der Waals surface area contributed by atoms with E-state index in [4.69, 9.17) is 16.3 Å². The van der Waals surface area contributed by atoms with Gasteiger partial charge in [0, 0.05) is 23.7 Å². The molecular formula is C13H19ClN2O2. The second-order valence-electron chi connectivity index (χ2n) is 3.92. The quantitative estimate of drug-likeness (QED) is 0.831. The maximum absolute atomic E-state index is 11.6. The number of methoxy groups -OCH3 is 1. The predicted octanol–water partition coefficient (Wildman–Crippen LogP) is 1.96. The highest BCUT2D eigenvalue weighted by atomic mass is 35.5. The number of benzene rings is 1. The topological polar surface area (TPSA) is 50.4 Å². The fraction of sp³-hybridized carbons (Fsp3) is 0.462. The molecule has 0 aliphatic heterocycles. The highest BCUT2D eigenvalue weighted by molar-refractivity contribution is 6.31. The first kappa shape index (κ1) is 14.8. The molecule has 0 radical (unpaired) electrons. The normalized spacial score (nSPS) is 12.0. The lowest BCUT2D eigenvalue weighted by molar-refractivity contribution is -0.122. The first-order valence-electron chi connectivity index (χ1n) is 5.92. The number of carbonyl (C=O) groups excluding carboxylic acids is 1. The fourth-order valence-corrected chi connectivity index (χ4v) is 1.81. The molecule has 0 spiro atoms. The summed E-state index contributed by atoms with van der Waals surface area (Å²) in [5, 5.41) is 6.51. The summed E-state index contributed by atoms with van der Waals surface area (Å²) in [5.74, 6) is 0.696. The van der Waals surface area contributed by atoms with Crippen molar-refractivity contribution in [2.75, 3.05) is 13.7 Å². The van der Waals surface area contributed by atoms with Gasteiger partial charge in [-0.3, -0.25) is 4.79 Å². The van der Waals surface area contributed by atoms with E-state index in [-0.39, 0.29) is 11.9 Å². The van der Waals surface area contributed by atoms with Crippen LogP contribution in [0, 0.1) is 0 Å². The predicted molar refractivity (Wildman–Crippen MR) is 73.0 cm³/mol. The van der Waals surface area contributed by atoms with E-state index in [1.807, 2.05) is 26.0 Å². The molecule has 5 heteroatoms. The van der Waals surface area contributed by atoms with Crippen molar-refractivity contribution in [2.45, 2.75) is 26.4 Å². The number of hydrogen-bond acceptors (Lipinski definition) is 3. The van der Waals surface area contributed by atoms with Crippen LogP contribution in [0.25, 0.3) is 0 Å². The van der Waals surface area contributed by atoms with Crippen LogP contribution in [0.5, 0.6) is 5.75 Å². The Bertz CT molecular complexity index is 410. The molecule has 0 bridgehead atoms. The zero-order valence-electron chi connectivity index (χ0n) is 10.9. The number of rotatable bonds is 6. The average Bonchev–Trinajstić information content (AvgIpc) is 2.36. The Labute approximate surface area is 113 Å². The van der Waals surface area contributed by atoms with Crippen LogP contribution in [0.15, 0.2) is 18.2 Å². The Morgan fingerprint density at radius 1 is 1.50 bits per heavy atom. The van der Waals surface area contributed by atoms with Gasteiger partial charge >= 0.3 is 0 Å². The zero-order chi connectivity index (χ0) is 13.5. The van der Waals surface area contributed by atoms with Crippen molar-refractivity contribution in [3.05, 3.63) is 28.8 Å². The van der Waals surface area contributed by atoms with Crippen LogP contribution in [-0.2, 0) is 11.3 Å². The van der Waals surface area contributed by atoms with E-state index in [9.17, 15) is 4.79 Å². The average molecular weight is 271 g/mol. The summed E-state index contributed by atoms with van der Waals surface area (Å²) >= 11 is 6.11. The van der Waals surface area contributed by atoms with Crippen molar-refractivity contribution < 1.29 is 9.53 Å². The van der Waals surface area contributed by atoms with Gasteiger partial charge in [0.25, 0.3) is 0 Å². The minimum Gasteiger partial charge on any atom is -0.496 e. The van der Waals surface area contributed by atoms with Crippen molar-refractivity contribution in [1.82, 2.24) is 10.6 Å². The smallest absolute Gasteiger partial charge is 0.236 e. The first-order chi connectivity index (χ1) is 8.60. The minimum atomic E-state index is -0.272. The lowest BCUT2D eigenvalue weighted by atomic mass is 10.2. The summed E-state index contributed by atoms with van der Waals surface area (Å²) in [6.07, 6.45) is 0. The monoisotopic (exact) mass is 270 g/mol. The molecule has 18 heavy (non-hydrogen) atoms. The van der Waals surface area contributed by atoms with Crippen molar-refractivity contribution in [3.63, 3.8) is 0 Å². The Morgan fingerprint density at radius 2 is 2.22 bits per heavy atom. The summed E-state index contributed by atoms with van der Waals surface area (Å²) in [6.45, 7) is 4.82. The number of nitrogens with one attached hydrogen (secondary N) is 2. The highest BCUT2D eigenvalue weighted by Crippen LogP contribution is 2.25. The van der Waals surface area contributed by atoms with Crippen LogP contribution in [0.4, 0.5) is 0 Å². The van der Waals surface area contributed by atoms with Crippen LogP contribution >= 0.6 is 11.6 Å². The number of hydrogen-bond donors (Lipinski definition) is 2. The van der Waals surface area contributed by atoms with E-state index >= 15 is 0 Å². The Hall–Kier alpha value is -1.26. The molecule has 0 saturated heterocycles. The number of carbonyl (C=O) groups is 1. The lowest BCUT2D eigenvalue weighted by Gasteiger charge is -2.15. The fourth-order valence-electron chi connectivity index (χ4n) is 1.58. The third-order valence-corrected chi connectivity index (χ3v) is 2.98. The zero-order valence-corrected chi connectivity index (χ0v) is 11.7. The molecule has 1 amide bonds. The number of ether oxygens (including phenoxy) is 1. The standard InChI is InChI=1S/C13H19ClN2O2/c1-4-15-13(17)9(2)16-8-10-11(14)6-5-7-12(10)18-3/h5-7,9,16H,4,8H2,1-3H3,(H,15,17). The summed E-state index contributed by atoms with van der Waals surface area (Å²) in [4.78, 5) is 11.6. The van der Waals surface area contributed by atoms with Crippen LogP contribution in [0.1, 0.15) is 19.4 Å². The van der Waals surface area contributed by atoms with Crippen molar-refractivity contribution in [2.24, 2.45) is 0 Å². The van der Waals surface area contributed by atoms with Crippen LogP contribution in [-0.4, -0.2) is 25.6 Å². The highest BCUT2D eigenvalue weighted by Gasteiger charge is 2.13. The van der Waals surface area contributed by atoms with Gasteiger partial charge in [-0.05, 0) is 26.0 Å². The van der Waals surface area contributed by atoms with Gasteiger partial charge in [0.15, 0.2) is 0 Å². The van der Waals surface area contributed by atoms with Crippen LogP contribution < -0.4 is 15.4 Å². The minimum absolute atomic E-state index is 0.0245. The third kappa shape index (κ3) is 3.89. The number of amides is 1. The molecule has 0 saturated carbocycles. The van der Waals surface area contributed by atoms with Gasteiger partial charge in [0.1, 0.15) is 5.75 Å². The van der Waals surface area contributed by atoms with Crippen molar-refractivity contribution in [3.8, 4) is 5.75 Å². The summed E-state index contributed by atoms with van der Waals surface area (Å²) in [7, 11) is 1.60. The van der Waals surface area contributed by atoms with Gasteiger partial charge in [-0.1, -0.05) is 17.7 Å². The molecule has 0 fully saturated rings. The Kier molecular flexibility index (Phi) is 5.95. The van der Waals surface area contributed by atoms with E-state index in [0.29, 0.717) is 18.1 Å². The lowest BCUT2D eigenvalue weighted by Crippen LogP contribution is -2.41.